The standard InChI is InChI=1S/C14H26N2O2/c1-11-6-9-16(13(11)14(17)18)10-7-12-5-3-4-8-15(12)2/h11-13H,3-10H2,1-2H3,(H,17,18). The van der Waals surface area contributed by atoms with Crippen molar-refractivity contribution in [3.63, 3.8) is 0 Å². The van der Waals surface area contributed by atoms with Crippen molar-refractivity contribution in [1.82, 2.24) is 9.80 Å². The molecular weight excluding hydrogens is 228 g/mol. The van der Waals surface area contributed by atoms with Crippen molar-refractivity contribution in [2.24, 2.45) is 5.92 Å². The first kappa shape index (κ1) is 13.8. The summed E-state index contributed by atoms with van der Waals surface area (Å²) >= 11 is 0. The van der Waals surface area contributed by atoms with Gasteiger partial charge in [-0.3, -0.25) is 9.69 Å². The fourth-order valence-corrected chi connectivity index (χ4v) is 3.50. The third kappa shape index (κ3) is 3.04. The van der Waals surface area contributed by atoms with E-state index >= 15 is 0 Å². The summed E-state index contributed by atoms with van der Waals surface area (Å²) < 4.78 is 0. The van der Waals surface area contributed by atoms with Crippen LogP contribution in [0, 0.1) is 5.92 Å². The Labute approximate surface area is 110 Å². The molecule has 3 unspecified atom stereocenters. The molecule has 0 aromatic carbocycles. The summed E-state index contributed by atoms with van der Waals surface area (Å²) in [7, 11) is 2.20. The molecule has 3 atom stereocenters. The minimum absolute atomic E-state index is 0.251. The number of aliphatic carboxylic acids is 1. The van der Waals surface area contributed by atoms with E-state index < -0.39 is 5.97 Å². The third-order valence-corrected chi connectivity index (χ3v) is 4.73. The van der Waals surface area contributed by atoms with Gasteiger partial charge in [-0.2, -0.15) is 0 Å². The molecule has 2 aliphatic heterocycles. The molecule has 0 aliphatic carbocycles. The number of carboxylic acid groups (broad SMARTS) is 1. The summed E-state index contributed by atoms with van der Waals surface area (Å²) in [5, 5.41) is 9.29. The van der Waals surface area contributed by atoms with Gasteiger partial charge >= 0.3 is 5.97 Å². The average Bonchev–Trinajstić information content (AvgIpc) is 2.69. The molecule has 2 aliphatic rings. The largest absolute Gasteiger partial charge is 0.480 e. The van der Waals surface area contributed by atoms with Gasteiger partial charge < -0.3 is 10.0 Å². The van der Waals surface area contributed by atoms with E-state index in [1.807, 2.05) is 0 Å². The molecule has 2 fully saturated rings. The molecule has 0 bridgehead atoms. The van der Waals surface area contributed by atoms with E-state index in [9.17, 15) is 9.90 Å². The van der Waals surface area contributed by atoms with Crippen LogP contribution in [0.1, 0.15) is 39.0 Å². The third-order valence-electron chi connectivity index (χ3n) is 4.73. The Morgan fingerprint density at radius 3 is 2.72 bits per heavy atom. The zero-order valence-corrected chi connectivity index (χ0v) is 11.6. The Kier molecular flexibility index (Phi) is 4.62. The van der Waals surface area contributed by atoms with Gasteiger partial charge in [0.1, 0.15) is 6.04 Å². The number of hydrogen-bond acceptors (Lipinski definition) is 3. The molecule has 4 nitrogen and oxygen atoms in total. The number of likely N-dealkylation sites (tertiary alicyclic amines) is 2. The van der Waals surface area contributed by atoms with Crippen molar-refractivity contribution in [3.8, 4) is 0 Å². The van der Waals surface area contributed by atoms with E-state index in [0.717, 1.165) is 25.9 Å². The van der Waals surface area contributed by atoms with Gasteiger partial charge in [0.25, 0.3) is 0 Å². The fourth-order valence-electron chi connectivity index (χ4n) is 3.50. The van der Waals surface area contributed by atoms with E-state index in [1.54, 1.807) is 0 Å². The van der Waals surface area contributed by atoms with Crippen LogP contribution in [0.5, 0.6) is 0 Å². The van der Waals surface area contributed by atoms with E-state index in [4.69, 9.17) is 0 Å². The Morgan fingerprint density at radius 1 is 1.28 bits per heavy atom. The minimum Gasteiger partial charge on any atom is -0.480 e. The van der Waals surface area contributed by atoms with Gasteiger partial charge in [-0.15, -0.1) is 0 Å². The lowest BCUT2D eigenvalue weighted by Gasteiger charge is -2.34. The van der Waals surface area contributed by atoms with Crippen LogP contribution in [0.25, 0.3) is 0 Å². The van der Waals surface area contributed by atoms with Crippen LogP contribution in [0.2, 0.25) is 0 Å². The van der Waals surface area contributed by atoms with Crippen LogP contribution < -0.4 is 0 Å². The Balaban J connectivity index is 1.84. The molecular formula is C14H26N2O2. The van der Waals surface area contributed by atoms with Crippen LogP contribution >= 0.6 is 0 Å². The van der Waals surface area contributed by atoms with Crippen molar-refractivity contribution < 1.29 is 9.90 Å². The molecule has 0 saturated carbocycles. The van der Waals surface area contributed by atoms with Crippen LogP contribution in [0.15, 0.2) is 0 Å². The molecule has 0 aromatic heterocycles. The van der Waals surface area contributed by atoms with Gasteiger partial charge in [0.15, 0.2) is 0 Å². The summed E-state index contributed by atoms with van der Waals surface area (Å²) in [6.07, 6.45) is 6.06. The van der Waals surface area contributed by atoms with Gasteiger partial charge in [-0.1, -0.05) is 13.3 Å². The normalized spacial score (nSPS) is 34.9. The van der Waals surface area contributed by atoms with Crippen LogP contribution in [-0.2, 0) is 4.79 Å². The minimum atomic E-state index is -0.642. The smallest absolute Gasteiger partial charge is 0.321 e. The number of nitrogens with zero attached hydrogens (tertiary/aromatic N) is 2. The zero-order valence-electron chi connectivity index (χ0n) is 11.6. The number of carbonyl (C=O) groups is 1. The second-order valence-electron chi connectivity index (χ2n) is 6.00. The highest BCUT2D eigenvalue weighted by Crippen LogP contribution is 2.26. The molecule has 0 spiro atoms. The molecule has 0 aromatic rings. The first-order valence-corrected chi connectivity index (χ1v) is 7.26. The van der Waals surface area contributed by atoms with Gasteiger partial charge in [0, 0.05) is 12.6 Å². The average molecular weight is 254 g/mol. The maximum atomic E-state index is 11.3. The molecule has 2 heterocycles. The maximum absolute atomic E-state index is 11.3. The molecule has 0 amide bonds. The summed E-state index contributed by atoms with van der Waals surface area (Å²) in [5.41, 5.74) is 0. The lowest BCUT2D eigenvalue weighted by atomic mass is 9.99. The monoisotopic (exact) mass is 254 g/mol. The molecule has 104 valence electrons. The topological polar surface area (TPSA) is 43.8 Å². The first-order valence-electron chi connectivity index (χ1n) is 7.26. The second kappa shape index (κ2) is 6.02. The quantitative estimate of drug-likeness (QED) is 0.828. The zero-order chi connectivity index (χ0) is 13.1. The summed E-state index contributed by atoms with van der Waals surface area (Å²) in [6, 6.07) is 0.406. The Morgan fingerprint density at radius 2 is 2.06 bits per heavy atom. The van der Waals surface area contributed by atoms with Crippen molar-refractivity contribution >= 4 is 5.97 Å². The van der Waals surface area contributed by atoms with E-state index in [2.05, 4.69) is 23.8 Å². The van der Waals surface area contributed by atoms with E-state index in [1.165, 1.54) is 25.8 Å². The Hall–Kier alpha value is -0.610. The molecule has 1 N–H and O–H groups in total. The SMILES string of the molecule is CC1CCN(CCC2CCCCN2C)C1C(=O)O. The van der Waals surface area contributed by atoms with Crippen LogP contribution in [-0.4, -0.2) is 59.6 Å². The summed E-state index contributed by atoms with van der Waals surface area (Å²) in [6.45, 7) is 5.15. The molecule has 2 saturated heterocycles. The lowest BCUT2D eigenvalue weighted by molar-refractivity contribution is -0.143. The molecule has 18 heavy (non-hydrogen) atoms. The van der Waals surface area contributed by atoms with E-state index in [-0.39, 0.29) is 6.04 Å². The van der Waals surface area contributed by atoms with E-state index in [0.29, 0.717) is 12.0 Å². The van der Waals surface area contributed by atoms with Gasteiger partial charge in [-0.25, -0.2) is 0 Å². The van der Waals surface area contributed by atoms with Crippen molar-refractivity contribution in [2.75, 3.05) is 26.7 Å². The summed E-state index contributed by atoms with van der Waals surface area (Å²) in [4.78, 5) is 15.9. The number of hydrogen-bond donors (Lipinski definition) is 1. The molecule has 4 heteroatoms. The van der Waals surface area contributed by atoms with Gasteiger partial charge in [-0.05, 0) is 51.7 Å². The number of piperidine rings is 1. The van der Waals surface area contributed by atoms with Crippen LogP contribution in [0.3, 0.4) is 0 Å². The predicted octanol–water partition coefficient (Wildman–Crippen LogP) is 1.66. The number of carboxylic acids is 1. The molecule has 2 rings (SSSR count). The lowest BCUT2D eigenvalue weighted by Crippen LogP contribution is -2.43. The second-order valence-corrected chi connectivity index (χ2v) is 6.00. The first-order chi connectivity index (χ1) is 8.59. The summed E-state index contributed by atoms with van der Waals surface area (Å²) in [5.74, 6) is -0.344. The highest BCUT2D eigenvalue weighted by atomic mass is 16.4. The van der Waals surface area contributed by atoms with Crippen molar-refractivity contribution in [2.45, 2.75) is 51.1 Å². The predicted molar refractivity (Wildman–Crippen MR) is 71.7 cm³/mol. The van der Waals surface area contributed by atoms with Gasteiger partial charge in [0.05, 0.1) is 0 Å². The number of rotatable bonds is 4. The van der Waals surface area contributed by atoms with Crippen LogP contribution in [0.4, 0.5) is 0 Å². The Bertz CT molecular complexity index is 296. The highest BCUT2D eigenvalue weighted by Gasteiger charge is 2.36. The van der Waals surface area contributed by atoms with Crippen molar-refractivity contribution in [1.29, 1.82) is 0 Å². The maximum Gasteiger partial charge on any atom is 0.321 e. The fraction of sp³-hybridized carbons (Fsp3) is 0.929. The highest BCUT2D eigenvalue weighted by molar-refractivity contribution is 5.74. The molecule has 0 radical (unpaired) electrons. The van der Waals surface area contributed by atoms with Gasteiger partial charge in [0.2, 0.25) is 0 Å². The van der Waals surface area contributed by atoms with Crippen molar-refractivity contribution in [3.05, 3.63) is 0 Å².